The number of hydrogen-bond acceptors (Lipinski definition) is 4. The van der Waals surface area contributed by atoms with Gasteiger partial charge in [-0.1, -0.05) is 24.3 Å². The van der Waals surface area contributed by atoms with E-state index in [4.69, 9.17) is 0 Å². The SMILES string of the molecule is N#Cc1ccc(N2CCCCN2C(=O)c2ccc(OC(F)(F)F)cc2)c2ccccc12. The number of carbonyl (C=O) groups excluding carboxylic acids is 1. The standard InChI is InChI=1S/C23H18F3N3O2/c24-23(25,26)31-18-10-7-16(8-11-18)22(30)29-14-4-3-13-28(29)21-12-9-17(15-27)19-5-1-2-6-20(19)21/h1-2,5-12H,3-4,13-14H2. The lowest BCUT2D eigenvalue weighted by molar-refractivity contribution is -0.274. The minimum absolute atomic E-state index is 0.263. The van der Waals surface area contributed by atoms with E-state index in [1.807, 2.05) is 35.3 Å². The number of nitrogens with zero attached hydrogens (tertiary/aromatic N) is 3. The summed E-state index contributed by atoms with van der Waals surface area (Å²) >= 11 is 0. The summed E-state index contributed by atoms with van der Waals surface area (Å²) in [5.74, 6) is -0.690. The van der Waals surface area contributed by atoms with Crippen LogP contribution in [0.1, 0.15) is 28.8 Å². The molecule has 1 amide bonds. The second kappa shape index (κ2) is 8.19. The van der Waals surface area contributed by atoms with Crippen LogP contribution < -0.4 is 9.75 Å². The lowest BCUT2D eigenvalue weighted by atomic mass is 10.0. The highest BCUT2D eigenvalue weighted by Crippen LogP contribution is 2.32. The zero-order chi connectivity index (χ0) is 22.0. The number of carbonyl (C=O) groups is 1. The van der Waals surface area contributed by atoms with E-state index in [1.54, 1.807) is 11.1 Å². The first-order chi connectivity index (χ1) is 14.9. The molecule has 1 fully saturated rings. The van der Waals surface area contributed by atoms with Gasteiger partial charge in [0.1, 0.15) is 5.75 Å². The number of hydrogen-bond donors (Lipinski definition) is 0. The highest BCUT2D eigenvalue weighted by atomic mass is 19.4. The Morgan fingerprint density at radius 3 is 2.29 bits per heavy atom. The summed E-state index contributed by atoms with van der Waals surface area (Å²) in [6.45, 7) is 1.09. The lowest BCUT2D eigenvalue weighted by Crippen LogP contribution is -2.50. The van der Waals surface area contributed by atoms with Crippen molar-refractivity contribution in [3.63, 3.8) is 0 Å². The van der Waals surface area contributed by atoms with E-state index in [1.165, 1.54) is 12.1 Å². The molecule has 0 saturated carbocycles. The van der Waals surface area contributed by atoms with Crippen LogP contribution in [0, 0.1) is 11.3 Å². The van der Waals surface area contributed by atoms with Crippen molar-refractivity contribution < 1.29 is 22.7 Å². The van der Waals surface area contributed by atoms with Crippen molar-refractivity contribution in [2.24, 2.45) is 0 Å². The Kier molecular flexibility index (Phi) is 5.42. The monoisotopic (exact) mass is 425 g/mol. The highest BCUT2D eigenvalue weighted by molar-refractivity contribution is 6.00. The summed E-state index contributed by atoms with van der Waals surface area (Å²) in [4.78, 5) is 13.2. The van der Waals surface area contributed by atoms with Crippen molar-refractivity contribution in [2.75, 3.05) is 18.1 Å². The van der Waals surface area contributed by atoms with Gasteiger partial charge in [0, 0.05) is 29.4 Å². The van der Waals surface area contributed by atoms with E-state index in [0.717, 1.165) is 41.4 Å². The van der Waals surface area contributed by atoms with E-state index in [9.17, 15) is 23.2 Å². The van der Waals surface area contributed by atoms with Gasteiger partial charge in [-0.2, -0.15) is 5.26 Å². The summed E-state index contributed by atoms with van der Waals surface area (Å²) in [5.41, 5.74) is 1.62. The largest absolute Gasteiger partial charge is 0.573 e. The fraction of sp³-hybridized carbons (Fsp3) is 0.217. The number of rotatable bonds is 3. The third-order valence-electron chi connectivity index (χ3n) is 5.15. The Balaban J connectivity index is 1.67. The molecule has 0 N–H and O–H groups in total. The number of ether oxygens (including phenoxy) is 1. The molecule has 0 aromatic heterocycles. The molecule has 0 unspecified atom stereocenters. The molecule has 0 radical (unpaired) electrons. The average Bonchev–Trinajstić information content (AvgIpc) is 2.77. The Hall–Kier alpha value is -3.73. The van der Waals surface area contributed by atoms with E-state index in [-0.39, 0.29) is 17.2 Å². The Bertz CT molecular complexity index is 1150. The molecule has 3 aromatic rings. The number of benzene rings is 3. The van der Waals surface area contributed by atoms with Crippen LogP contribution in [0.4, 0.5) is 18.9 Å². The van der Waals surface area contributed by atoms with Crippen LogP contribution in [0.5, 0.6) is 5.75 Å². The molecule has 8 heteroatoms. The first kappa shape index (κ1) is 20.5. The zero-order valence-corrected chi connectivity index (χ0v) is 16.4. The van der Waals surface area contributed by atoms with Gasteiger partial charge in [0.05, 0.1) is 17.3 Å². The number of fused-ring (bicyclic) bond motifs is 1. The van der Waals surface area contributed by atoms with Crippen LogP contribution in [-0.4, -0.2) is 30.4 Å². The molecule has 3 aromatic carbocycles. The van der Waals surface area contributed by atoms with Crippen LogP contribution in [0.15, 0.2) is 60.7 Å². The van der Waals surface area contributed by atoms with Gasteiger partial charge in [0.25, 0.3) is 5.91 Å². The molecule has 158 valence electrons. The average molecular weight is 425 g/mol. The maximum atomic E-state index is 13.2. The Morgan fingerprint density at radius 1 is 0.935 bits per heavy atom. The lowest BCUT2D eigenvalue weighted by Gasteiger charge is -2.40. The number of anilines is 1. The first-order valence-electron chi connectivity index (χ1n) is 9.74. The highest BCUT2D eigenvalue weighted by Gasteiger charge is 2.31. The molecule has 0 bridgehead atoms. The quantitative estimate of drug-likeness (QED) is 0.574. The normalized spacial score (nSPS) is 14.4. The molecule has 1 aliphatic heterocycles. The van der Waals surface area contributed by atoms with Crippen molar-refractivity contribution >= 4 is 22.4 Å². The van der Waals surface area contributed by atoms with Crippen LogP contribution >= 0.6 is 0 Å². The van der Waals surface area contributed by atoms with Crippen LogP contribution in [-0.2, 0) is 0 Å². The third-order valence-corrected chi connectivity index (χ3v) is 5.15. The van der Waals surface area contributed by atoms with Crippen molar-refractivity contribution in [2.45, 2.75) is 19.2 Å². The summed E-state index contributed by atoms with van der Waals surface area (Å²) < 4.78 is 41.0. The fourth-order valence-electron chi connectivity index (χ4n) is 3.78. The molecule has 0 aliphatic carbocycles. The maximum absolute atomic E-state index is 13.2. The minimum atomic E-state index is -4.79. The van der Waals surface area contributed by atoms with Gasteiger partial charge < -0.3 is 4.74 Å². The second-order valence-corrected chi connectivity index (χ2v) is 7.12. The number of alkyl halides is 3. The number of nitriles is 1. The Morgan fingerprint density at radius 2 is 1.61 bits per heavy atom. The molecule has 0 spiro atoms. The summed E-state index contributed by atoms with van der Waals surface area (Å²) in [5, 5.41) is 14.6. The van der Waals surface area contributed by atoms with Crippen molar-refractivity contribution in [3.8, 4) is 11.8 Å². The van der Waals surface area contributed by atoms with Gasteiger partial charge in [-0.15, -0.1) is 13.2 Å². The molecule has 4 rings (SSSR count). The molecule has 1 aliphatic rings. The third kappa shape index (κ3) is 4.26. The van der Waals surface area contributed by atoms with E-state index in [0.29, 0.717) is 18.7 Å². The molecular weight excluding hydrogens is 407 g/mol. The summed E-state index contributed by atoms with van der Waals surface area (Å²) in [7, 11) is 0. The predicted molar refractivity (Wildman–Crippen MR) is 109 cm³/mol. The van der Waals surface area contributed by atoms with Gasteiger partial charge in [-0.05, 0) is 49.2 Å². The number of halogens is 3. The van der Waals surface area contributed by atoms with Gasteiger partial charge in [-0.25, -0.2) is 5.01 Å². The number of amides is 1. The van der Waals surface area contributed by atoms with E-state index < -0.39 is 6.36 Å². The first-order valence-corrected chi connectivity index (χ1v) is 9.74. The molecule has 31 heavy (non-hydrogen) atoms. The zero-order valence-electron chi connectivity index (χ0n) is 16.4. The van der Waals surface area contributed by atoms with Gasteiger partial charge in [0.2, 0.25) is 0 Å². The molecule has 0 atom stereocenters. The van der Waals surface area contributed by atoms with Gasteiger partial charge in [0.15, 0.2) is 0 Å². The second-order valence-electron chi connectivity index (χ2n) is 7.12. The summed E-state index contributed by atoms with van der Waals surface area (Å²) in [6, 6.07) is 18.2. The van der Waals surface area contributed by atoms with Crippen LogP contribution in [0.25, 0.3) is 10.8 Å². The predicted octanol–water partition coefficient (Wildman–Crippen LogP) is 5.27. The topological polar surface area (TPSA) is 56.6 Å². The maximum Gasteiger partial charge on any atom is 0.573 e. The van der Waals surface area contributed by atoms with Gasteiger partial charge in [-0.3, -0.25) is 9.80 Å². The van der Waals surface area contributed by atoms with Gasteiger partial charge >= 0.3 is 6.36 Å². The molecular formula is C23H18F3N3O2. The minimum Gasteiger partial charge on any atom is -0.406 e. The van der Waals surface area contributed by atoms with E-state index in [2.05, 4.69) is 10.8 Å². The molecule has 1 heterocycles. The smallest absolute Gasteiger partial charge is 0.406 e. The van der Waals surface area contributed by atoms with Crippen LogP contribution in [0.2, 0.25) is 0 Å². The van der Waals surface area contributed by atoms with E-state index >= 15 is 0 Å². The van der Waals surface area contributed by atoms with Crippen LogP contribution in [0.3, 0.4) is 0 Å². The van der Waals surface area contributed by atoms with Crippen molar-refractivity contribution in [1.29, 1.82) is 5.26 Å². The number of hydrazine groups is 1. The van der Waals surface area contributed by atoms with Crippen molar-refractivity contribution in [3.05, 3.63) is 71.8 Å². The Labute approximate surface area is 176 Å². The van der Waals surface area contributed by atoms with Crippen molar-refractivity contribution in [1.82, 2.24) is 5.01 Å². The summed E-state index contributed by atoms with van der Waals surface area (Å²) in [6.07, 6.45) is -3.09. The fourth-order valence-corrected chi connectivity index (χ4v) is 3.78. The molecule has 5 nitrogen and oxygen atoms in total. The molecule has 1 saturated heterocycles.